The van der Waals surface area contributed by atoms with Gasteiger partial charge >= 0.3 is 5.72 Å². The van der Waals surface area contributed by atoms with Gasteiger partial charge in [0.1, 0.15) is 11.4 Å². The Balaban J connectivity index is 1.95. The number of unbranched alkanes of at least 4 members (excludes halogenated alkanes) is 8. The van der Waals surface area contributed by atoms with Crippen molar-refractivity contribution in [2.45, 2.75) is 90.2 Å². The summed E-state index contributed by atoms with van der Waals surface area (Å²) in [4.78, 5) is 0.711. The smallest absolute Gasteiger partial charge is 0.327 e. The van der Waals surface area contributed by atoms with Crippen molar-refractivity contribution in [2.75, 3.05) is 13.2 Å². The maximum atomic E-state index is 13.0. The highest BCUT2D eigenvalue weighted by Gasteiger charge is 2.40. The Morgan fingerprint density at radius 1 is 0.903 bits per heavy atom. The summed E-state index contributed by atoms with van der Waals surface area (Å²) in [6.45, 7) is 5.67. The topological polar surface area (TPSA) is 56.9 Å². The van der Waals surface area contributed by atoms with E-state index in [9.17, 15) is 5.21 Å². The number of azo groups is 1. The molecule has 0 fully saturated rings. The van der Waals surface area contributed by atoms with E-state index in [0.29, 0.717) is 30.2 Å². The van der Waals surface area contributed by atoms with E-state index in [4.69, 9.17) is 9.47 Å². The Bertz CT molecular complexity index is 700. The first-order chi connectivity index (χ1) is 15.2. The van der Waals surface area contributed by atoms with Crippen LogP contribution in [0.5, 0.6) is 0 Å². The van der Waals surface area contributed by atoms with Crippen molar-refractivity contribution in [2.24, 2.45) is 5.11 Å². The van der Waals surface area contributed by atoms with Crippen molar-refractivity contribution in [3.8, 4) is 0 Å². The van der Waals surface area contributed by atoms with Crippen LogP contribution < -0.4 is 0 Å². The molecule has 0 saturated heterocycles. The fraction of sp³-hybridized carbons (Fsp3) is 0.615. The quantitative estimate of drug-likeness (QED) is 0.0887. The average molecular weight is 429 g/mol. The fourth-order valence-electron chi connectivity index (χ4n) is 3.54. The van der Waals surface area contributed by atoms with E-state index in [1.54, 1.807) is 0 Å². The number of hydroxylamine groups is 1. The van der Waals surface area contributed by atoms with Crippen molar-refractivity contribution in [1.82, 2.24) is 0 Å². The van der Waals surface area contributed by atoms with Crippen LogP contribution in [-0.4, -0.2) is 23.8 Å². The van der Waals surface area contributed by atoms with E-state index in [0.717, 1.165) is 25.0 Å². The molecule has 1 atom stereocenters. The largest absolute Gasteiger partial charge is 0.597 e. The van der Waals surface area contributed by atoms with Gasteiger partial charge in [-0.05, 0) is 37.1 Å². The third-order valence-corrected chi connectivity index (χ3v) is 5.51. The molecule has 5 nitrogen and oxygen atoms in total. The minimum Gasteiger partial charge on any atom is -0.597 e. The molecule has 5 heteroatoms. The molecule has 0 amide bonds. The molecule has 1 aromatic carbocycles. The van der Waals surface area contributed by atoms with Crippen LogP contribution >= 0.6 is 0 Å². The zero-order valence-corrected chi connectivity index (χ0v) is 19.4. The number of hydrogen-bond acceptors (Lipinski definition) is 4. The lowest BCUT2D eigenvalue weighted by atomic mass is 10.0. The molecule has 0 spiro atoms. The van der Waals surface area contributed by atoms with Crippen molar-refractivity contribution in [3.05, 3.63) is 59.5 Å². The molecule has 0 bridgehead atoms. The van der Waals surface area contributed by atoms with Gasteiger partial charge in [-0.1, -0.05) is 88.3 Å². The van der Waals surface area contributed by atoms with Gasteiger partial charge < -0.3 is 14.7 Å². The number of benzene rings is 1. The Kier molecular flexibility index (Phi) is 12.0. The molecule has 1 unspecified atom stereocenters. The molecule has 31 heavy (non-hydrogen) atoms. The molecular weight excluding hydrogens is 388 g/mol. The molecule has 1 aliphatic rings. The molecule has 0 aromatic heterocycles. The first-order valence-corrected chi connectivity index (χ1v) is 12.1. The lowest BCUT2D eigenvalue weighted by molar-refractivity contribution is -0.646. The summed E-state index contributed by atoms with van der Waals surface area (Å²) in [6, 6.07) is 9.29. The maximum absolute atomic E-state index is 13.0. The molecule has 0 radical (unpaired) electrons. The molecule has 0 N–H and O–H groups in total. The lowest BCUT2D eigenvalue weighted by Gasteiger charge is -2.28. The van der Waals surface area contributed by atoms with Crippen LogP contribution in [-0.2, 0) is 9.47 Å². The second-order valence-electron chi connectivity index (χ2n) is 8.22. The summed E-state index contributed by atoms with van der Waals surface area (Å²) < 4.78 is 12.0. The minimum absolute atomic E-state index is 0.420. The number of rotatable bonds is 16. The molecule has 0 aliphatic heterocycles. The molecule has 172 valence electrons. The van der Waals surface area contributed by atoms with E-state index in [1.807, 2.05) is 48.6 Å². The molecule has 0 heterocycles. The second kappa shape index (κ2) is 14.8. The monoisotopic (exact) mass is 428 g/mol. The number of hydrogen-bond donors (Lipinski definition) is 0. The Morgan fingerprint density at radius 3 is 2.16 bits per heavy atom. The molecule has 0 saturated carbocycles. The summed E-state index contributed by atoms with van der Waals surface area (Å²) in [6.07, 6.45) is 17.8. The van der Waals surface area contributed by atoms with Gasteiger partial charge in [0.2, 0.25) is 0 Å². The van der Waals surface area contributed by atoms with Gasteiger partial charge in [-0.15, -0.1) is 0 Å². The van der Waals surface area contributed by atoms with Crippen LogP contribution in [0, 0.1) is 5.21 Å². The van der Waals surface area contributed by atoms with Crippen molar-refractivity contribution < 1.29 is 14.3 Å². The Labute approximate surface area is 188 Å². The van der Waals surface area contributed by atoms with Gasteiger partial charge in [-0.25, -0.2) is 0 Å². The molecule has 2 rings (SSSR count). The highest BCUT2D eigenvalue weighted by molar-refractivity contribution is 5.34. The number of nitrogens with zero attached hydrogens (tertiary/aromatic N) is 2. The van der Waals surface area contributed by atoms with Gasteiger partial charge in [0.05, 0.1) is 19.6 Å². The van der Waals surface area contributed by atoms with Gasteiger partial charge in [0, 0.05) is 11.2 Å². The predicted octanol–water partition coefficient (Wildman–Crippen LogP) is 7.79. The summed E-state index contributed by atoms with van der Waals surface area (Å²) in [5.74, 6) is 0.811. The van der Waals surface area contributed by atoms with Gasteiger partial charge in [-0.3, -0.25) is 0 Å². The Hall–Kier alpha value is -2.14. The number of allylic oxidation sites excluding steroid dienone is 1. The van der Waals surface area contributed by atoms with Crippen molar-refractivity contribution in [3.63, 3.8) is 0 Å². The van der Waals surface area contributed by atoms with E-state index in [-0.39, 0.29) is 0 Å². The highest BCUT2D eigenvalue weighted by atomic mass is 16.6. The van der Waals surface area contributed by atoms with Crippen LogP contribution in [0.1, 0.15) is 84.5 Å². The van der Waals surface area contributed by atoms with Crippen molar-refractivity contribution >= 4 is 5.69 Å². The van der Waals surface area contributed by atoms with E-state index >= 15 is 0 Å². The normalized spacial score (nSPS) is 18.8. The zero-order valence-electron chi connectivity index (χ0n) is 19.4. The van der Waals surface area contributed by atoms with Crippen LogP contribution in [0.4, 0.5) is 5.69 Å². The van der Waals surface area contributed by atoms with Crippen LogP contribution in [0.2, 0.25) is 0 Å². The first-order valence-electron chi connectivity index (χ1n) is 12.1. The van der Waals surface area contributed by atoms with E-state index < -0.39 is 5.72 Å². The minimum atomic E-state index is -1.12. The van der Waals surface area contributed by atoms with Crippen LogP contribution in [0.15, 0.2) is 59.4 Å². The predicted molar refractivity (Wildman–Crippen MR) is 126 cm³/mol. The molecular formula is C26H40N2O3. The Morgan fingerprint density at radius 2 is 1.55 bits per heavy atom. The van der Waals surface area contributed by atoms with Crippen molar-refractivity contribution in [1.29, 1.82) is 0 Å². The zero-order chi connectivity index (χ0) is 22.2. The molecule has 1 aromatic rings. The standard InChI is InChI=1S/C26H40N2O3/c1-3-5-7-9-14-22-30-25-18-20-26(21-19-25,31-23-15-10-8-6-4-2)28(29)27-24-16-12-11-13-17-24/h11-13,16-20H,3-10,14-15,21-23H2,1-2H3. The SMILES string of the molecule is CCCCCCCOC1=CCC(OCCCCCCC)([N+]([O-])=Nc2ccccc2)C=C1. The summed E-state index contributed by atoms with van der Waals surface area (Å²) in [7, 11) is 0. The highest BCUT2D eigenvalue weighted by Crippen LogP contribution is 2.29. The van der Waals surface area contributed by atoms with E-state index in [2.05, 4.69) is 19.0 Å². The third-order valence-electron chi connectivity index (χ3n) is 5.51. The second-order valence-corrected chi connectivity index (χ2v) is 8.22. The van der Waals surface area contributed by atoms with E-state index in [1.165, 1.54) is 44.9 Å². The third kappa shape index (κ3) is 9.26. The van der Waals surface area contributed by atoms with Gasteiger partial charge in [0.15, 0.2) is 0 Å². The number of ether oxygens (including phenoxy) is 2. The summed E-state index contributed by atoms with van der Waals surface area (Å²) >= 11 is 0. The maximum Gasteiger partial charge on any atom is 0.327 e. The van der Waals surface area contributed by atoms with Gasteiger partial charge in [-0.2, -0.15) is 0 Å². The summed E-state index contributed by atoms with van der Waals surface area (Å²) in [5.41, 5.74) is -0.496. The fourth-order valence-corrected chi connectivity index (χ4v) is 3.54. The molecule has 1 aliphatic carbocycles. The first kappa shape index (κ1) is 25.1. The van der Waals surface area contributed by atoms with Crippen LogP contribution in [0.25, 0.3) is 0 Å². The van der Waals surface area contributed by atoms with Crippen LogP contribution in [0.3, 0.4) is 0 Å². The summed E-state index contributed by atoms with van der Waals surface area (Å²) in [5, 5.41) is 17.3. The lowest BCUT2D eigenvalue weighted by Crippen LogP contribution is -2.41. The van der Waals surface area contributed by atoms with Gasteiger partial charge in [0.25, 0.3) is 0 Å². The average Bonchev–Trinajstić information content (AvgIpc) is 2.80.